The molecule has 0 unspecified atom stereocenters. The average molecular weight is 549 g/mol. The van der Waals surface area contributed by atoms with Crippen LogP contribution in [0.2, 0.25) is 5.02 Å². The number of rotatable bonds is 6. The first kappa shape index (κ1) is 26.6. The SMILES string of the molecule is COc1cccc(C(=O)N2[C@@H](C(=O)NCc3cccnc3)COC23CCN(C(=O)c2ccc(Cl)cc2)CC3)c1. The molecule has 1 spiro atoms. The summed E-state index contributed by atoms with van der Waals surface area (Å²) in [7, 11) is 1.53. The number of hydrogen-bond donors (Lipinski definition) is 1. The minimum absolute atomic E-state index is 0.0553. The number of ether oxygens (including phenoxy) is 2. The Hall–Kier alpha value is -3.95. The molecule has 0 bridgehead atoms. The van der Waals surface area contributed by atoms with Crippen LogP contribution in [0, 0.1) is 0 Å². The molecule has 2 saturated heterocycles. The molecule has 1 atom stereocenters. The lowest BCUT2D eigenvalue weighted by atomic mass is 9.96. The van der Waals surface area contributed by atoms with Gasteiger partial charge in [-0.05, 0) is 54.1 Å². The van der Waals surface area contributed by atoms with Crippen LogP contribution in [0.5, 0.6) is 5.75 Å². The third-order valence-electron chi connectivity index (χ3n) is 7.21. The third-order valence-corrected chi connectivity index (χ3v) is 7.46. The number of methoxy groups -OCH3 is 1. The number of carbonyl (C=O) groups is 3. The van der Waals surface area contributed by atoms with Gasteiger partial charge in [0.15, 0.2) is 0 Å². The second-order valence-electron chi connectivity index (χ2n) is 9.56. The summed E-state index contributed by atoms with van der Waals surface area (Å²) in [6.07, 6.45) is 4.08. The Labute approximate surface area is 231 Å². The number of amides is 3. The zero-order chi connectivity index (χ0) is 27.4. The number of benzene rings is 2. The van der Waals surface area contributed by atoms with Crippen molar-refractivity contribution in [2.24, 2.45) is 0 Å². The quantitative estimate of drug-likeness (QED) is 0.506. The third kappa shape index (κ3) is 5.60. The zero-order valence-corrected chi connectivity index (χ0v) is 22.3. The van der Waals surface area contributed by atoms with Crippen molar-refractivity contribution in [1.82, 2.24) is 20.1 Å². The normalized spacial score (nSPS) is 18.2. The smallest absolute Gasteiger partial charge is 0.257 e. The monoisotopic (exact) mass is 548 g/mol. The molecule has 10 heteroatoms. The van der Waals surface area contributed by atoms with Crippen molar-refractivity contribution >= 4 is 29.3 Å². The molecular formula is C29H29ClN4O5. The Kier molecular flexibility index (Phi) is 7.81. The van der Waals surface area contributed by atoms with E-state index in [1.807, 2.05) is 6.07 Å². The maximum absolute atomic E-state index is 14.0. The van der Waals surface area contributed by atoms with Gasteiger partial charge in [-0.1, -0.05) is 23.7 Å². The van der Waals surface area contributed by atoms with Gasteiger partial charge in [0, 0.05) is 61.0 Å². The molecule has 2 aromatic carbocycles. The van der Waals surface area contributed by atoms with Crippen molar-refractivity contribution in [2.75, 3.05) is 26.8 Å². The Morgan fingerprint density at radius 2 is 1.82 bits per heavy atom. The van der Waals surface area contributed by atoms with E-state index in [0.717, 1.165) is 5.56 Å². The highest BCUT2D eigenvalue weighted by Crippen LogP contribution is 2.39. The average Bonchev–Trinajstić information content (AvgIpc) is 3.34. The predicted molar refractivity (Wildman–Crippen MR) is 144 cm³/mol. The number of carbonyl (C=O) groups excluding carboxylic acids is 3. The summed E-state index contributed by atoms with van der Waals surface area (Å²) in [5, 5.41) is 3.48. The van der Waals surface area contributed by atoms with Crippen LogP contribution in [0.15, 0.2) is 73.1 Å². The Morgan fingerprint density at radius 1 is 1.05 bits per heavy atom. The summed E-state index contributed by atoms with van der Waals surface area (Å²) in [5.41, 5.74) is 0.760. The Balaban J connectivity index is 1.37. The number of pyridine rings is 1. The maximum Gasteiger partial charge on any atom is 0.257 e. The minimum Gasteiger partial charge on any atom is -0.497 e. The number of halogens is 1. The van der Waals surface area contributed by atoms with Gasteiger partial charge in [-0.15, -0.1) is 0 Å². The molecule has 39 heavy (non-hydrogen) atoms. The van der Waals surface area contributed by atoms with Crippen LogP contribution in [0.3, 0.4) is 0 Å². The van der Waals surface area contributed by atoms with E-state index in [0.29, 0.717) is 47.8 Å². The van der Waals surface area contributed by atoms with Gasteiger partial charge < -0.3 is 19.7 Å². The molecule has 1 N–H and O–H groups in total. The van der Waals surface area contributed by atoms with E-state index in [-0.39, 0.29) is 30.9 Å². The van der Waals surface area contributed by atoms with Crippen molar-refractivity contribution in [3.8, 4) is 5.75 Å². The summed E-state index contributed by atoms with van der Waals surface area (Å²) >= 11 is 5.97. The lowest BCUT2D eigenvalue weighted by Crippen LogP contribution is -2.59. The van der Waals surface area contributed by atoms with Crippen molar-refractivity contribution in [3.05, 3.63) is 94.8 Å². The number of likely N-dealkylation sites (tertiary alicyclic amines) is 1. The molecule has 0 aliphatic carbocycles. The van der Waals surface area contributed by atoms with Crippen LogP contribution in [0.4, 0.5) is 0 Å². The first-order valence-corrected chi connectivity index (χ1v) is 13.1. The van der Waals surface area contributed by atoms with Gasteiger partial charge in [0.2, 0.25) is 5.91 Å². The minimum atomic E-state index is -1.02. The lowest BCUT2D eigenvalue weighted by Gasteiger charge is -2.44. The van der Waals surface area contributed by atoms with Gasteiger partial charge in [-0.2, -0.15) is 0 Å². The van der Waals surface area contributed by atoms with Crippen LogP contribution < -0.4 is 10.1 Å². The molecule has 2 aliphatic heterocycles. The largest absolute Gasteiger partial charge is 0.497 e. The molecule has 3 aromatic rings. The number of nitrogens with zero attached hydrogens (tertiary/aromatic N) is 3. The second kappa shape index (κ2) is 11.4. The fraction of sp³-hybridized carbons (Fsp3) is 0.310. The van der Waals surface area contributed by atoms with E-state index in [1.165, 1.54) is 7.11 Å². The summed E-state index contributed by atoms with van der Waals surface area (Å²) in [6.45, 7) is 1.07. The zero-order valence-electron chi connectivity index (χ0n) is 21.5. The molecule has 0 radical (unpaired) electrons. The fourth-order valence-electron chi connectivity index (χ4n) is 5.11. The summed E-state index contributed by atoms with van der Waals surface area (Å²) < 4.78 is 11.6. The van der Waals surface area contributed by atoms with Crippen LogP contribution in [-0.2, 0) is 16.1 Å². The standard InChI is InChI=1S/C29H29ClN4O5/c1-38-24-6-2-5-22(16-24)28(37)34-25(26(35)32-18-20-4-3-13-31-17-20)19-39-29(34)11-14-33(15-12-29)27(36)21-7-9-23(30)10-8-21/h2-10,13,16-17,25H,11-12,14-15,18-19H2,1H3,(H,32,35)/t25-/m1/s1. The molecule has 3 heterocycles. The summed E-state index contributed by atoms with van der Waals surface area (Å²) in [6, 6.07) is 16.4. The molecular weight excluding hydrogens is 520 g/mol. The van der Waals surface area contributed by atoms with Crippen molar-refractivity contribution in [1.29, 1.82) is 0 Å². The van der Waals surface area contributed by atoms with Crippen LogP contribution in [-0.4, -0.2) is 71.1 Å². The number of nitrogens with one attached hydrogen (secondary N) is 1. The van der Waals surface area contributed by atoms with E-state index in [9.17, 15) is 14.4 Å². The van der Waals surface area contributed by atoms with Gasteiger partial charge in [0.25, 0.3) is 11.8 Å². The van der Waals surface area contributed by atoms with E-state index < -0.39 is 11.8 Å². The topological polar surface area (TPSA) is 101 Å². The maximum atomic E-state index is 14.0. The number of hydrogen-bond acceptors (Lipinski definition) is 6. The highest BCUT2D eigenvalue weighted by atomic mass is 35.5. The molecule has 202 valence electrons. The van der Waals surface area contributed by atoms with Crippen LogP contribution in [0.1, 0.15) is 39.1 Å². The molecule has 2 aliphatic rings. The number of piperidine rings is 1. The van der Waals surface area contributed by atoms with Gasteiger partial charge in [0.05, 0.1) is 13.7 Å². The molecule has 3 amide bonds. The Bertz CT molecular complexity index is 1340. The van der Waals surface area contributed by atoms with Crippen LogP contribution >= 0.6 is 11.6 Å². The highest BCUT2D eigenvalue weighted by molar-refractivity contribution is 6.30. The molecule has 9 nitrogen and oxygen atoms in total. The molecule has 2 fully saturated rings. The predicted octanol–water partition coefficient (Wildman–Crippen LogP) is 3.53. The van der Waals surface area contributed by atoms with Crippen molar-refractivity contribution in [2.45, 2.75) is 31.2 Å². The van der Waals surface area contributed by atoms with E-state index in [1.54, 1.807) is 76.8 Å². The van der Waals surface area contributed by atoms with Gasteiger partial charge >= 0.3 is 0 Å². The van der Waals surface area contributed by atoms with Crippen molar-refractivity contribution in [3.63, 3.8) is 0 Å². The second-order valence-corrected chi connectivity index (χ2v) is 9.99. The van der Waals surface area contributed by atoms with E-state index in [4.69, 9.17) is 21.1 Å². The molecule has 0 saturated carbocycles. The van der Waals surface area contributed by atoms with E-state index >= 15 is 0 Å². The Morgan fingerprint density at radius 3 is 2.51 bits per heavy atom. The summed E-state index contributed by atoms with van der Waals surface area (Å²) in [4.78, 5) is 47.8. The van der Waals surface area contributed by atoms with Crippen molar-refractivity contribution < 1.29 is 23.9 Å². The van der Waals surface area contributed by atoms with Gasteiger partial charge in [0.1, 0.15) is 17.5 Å². The molecule has 1 aromatic heterocycles. The van der Waals surface area contributed by atoms with E-state index in [2.05, 4.69) is 10.3 Å². The lowest BCUT2D eigenvalue weighted by molar-refractivity contribution is -0.128. The first-order chi connectivity index (χ1) is 18.9. The number of aromatic nitrogens is 1. The highest BCUT2D eigenvalue weighted by Gasteiger charge is 2.54. The van der Waals surface area contributed by atoms with Crippen LogP contribution in [0.25, 0.3) is 0 Å². The first-order valence-electron chi connectivity index (χ1n) is 12.7. The van der Waals surface area contributed by atoms with Gasteiger partial charge in [-0.25, -0.2) is 0 Å². The fourth-order valence-corrected chi connectivity index (χ4v) is 5.23. The summed E-state index contributed by atoms with van der Waals surface area (Å²) in [5.74, 6) is -0.219. The van der Waals surface area contributed by atoms with Gasteiger partial charge in [-0.3, -0.25) is 24.3 Å². The molecule has 5 rings (SSSR count).